The van der Waals surface area contributed by atoms with E-state index in [-0.39, 0.29) is 13.2 Å². The zero-order valence-electron chi connectivity index (χ0n) is 15.4. The third kappa shape index (κ3) is 4.58. The van der Waals surface area contributed by atoms with Gasteiger partial charge in [0.2, 0.25) is 6.10 Å². The summed E-state index contributed by atoms with van der Waals surface area (Å²) < 4.78 is 16.2. The molecule has 2 atom stereocenters. The van der Waals surface area contributed by atoms with Gasteiger partial charge in [-0.25, -0.2) is 4.79 Å². The Labute approximate surface area is 158 Å². The number of hydrogen-bond acceptors (Lipinski definition) is 5. The Morgan fingerprint density at radius 3 is 2.63 bits per heavy atom. The number of para-hydroxylation sites is 3. The molecule has 2 aromatic carbocycles. The average molecular weight is 369 g/mol. The van der Waals surface area contributed by atoms with Gasteiger partial charge in [0.15, 0.2) is 18.1 Å². The molecule has 0 saturated heterocycles. The highest BCUT2D eigenvalue weighted by Gasteiger charge is 2.29. The van der Waals surface area contributed by atoms with E-state index in [0.717, 1.165) is 17.7 Å². The van der Waals surface area contributed by atoms with E-state index in [2.05, 4.69) is 19.2 Å². The van der Waals surface area contributed by atoms with Gasteiger partial charge in [-0.05, 0) is 36.1 Å². The summed E-state index contributed by atoms with van der Waals surface area (Å²) in [7, 11) is 0. The summed E-state index contributed by atoms with van der Waals surface area (Å²) in [5, 5.41) is 2.81. The van der Waals surface area contributed by atoms with Crippen molar-refractivity contribution in [2.45, 2.75) is 32.3 Å². The van der Waals surface area contributed by atoms with Crippen molar-refractivity contribution >= 4 is 17.6 Å². The molecule has 0 unspecified atom stereocenters. The van der Waals surface area contributed by atoms with Gasteiger partial charge in [0.25, 0.3) is 5.91 Å². The van der Waals surface area contributed by atoms with E-state index in [1.807, 2.05) is 30.3 Å². The maximum atomic E-state index is 12.2. The van der Waals surface area contributed by atoms with Crippen molar-refractivity contribution in [2.75, 3.05) is 18.5 Å². The molecule has 0 fully saturated rings. The van der Waals surface area contributed by atoms with Crippen molar-refractivity contribution in [2.24, 2.45) is 0 Å². The van der Waals surface area contributed by atoms with Crippen LogP contribution in [0.25, 0.3) is 0 Å². The van der Waals surface area contributed by atoms with Crippen LogP contribution in [0.1, 0.15) is 31.7 Å². The summed E-state index contributed by atoms with van der Waals surface area (Å²) in [6.07, 6.45) is 0.0719. The molecule has 6 nitrogen and oxygen atoms in total. The van der Waals surface area contributed by atoms with Crippen molar-refractivity contribution in [1.29, 1.82) is 0 Å². The van der Waals surface area contributed by atoms with Crippen LogP contribution in [-0.2, 0) is 14.3 Å². The van der Waals surface area contributed by atoms with Crippen molar-refractivity contribution in [3.8, 4) is 11.5 Å². The Bertz CT molecular complexity index is 820. The third-order valence-corrected chi connectivity index (χ3v) is 4.50. The summed E-state index contributed by atoms with van der Waals surface area (Å²) in [6, 6.07) is 14.7. The lowest BCUT2D eigenvalue weighted by molar-refractivity contribution is -0.156. The number of hydrogen-bond donors (Lipinski definition) is 1. The highest BCUT2D eigenvalue weighted by Crippen LogP contribution is 2.31. The second-order valence-electron chi connectivity index (χ2n) is 6.42. The number of amides is 1. The maximum absolute atomic E-state index is 12.2. The Kier molecular flexibility index (Phi) is 5.96. The molecule has 2 aromatic rings. The van der Waals surface area contributed by atoms with Gasteiger partial charge in [-0.3, -0.25) is 4.79 Å². The lowest BCUT2D eigenvalue weighted by Gasteiger charge is -2.24. The molecular formula is C21H23NO5. The average Bonchev–Trinajstić information content (AvgIpc) is 2.71. The number of rotatable bonds is 6. The first kappa shape index (κ1) is 18.8. The lowest BCUT2D eigenvalue weighted by atomic mass is 9.97. The minimum Gasteiger partial charge on any atom is -0.485 e. The molecule has 27 heavy (non-hydrogen) atoms. The zero-order chi connectivity index (χ0) is 19.2. The molecular weight excluding hydrogens is 346 g/mol. The largest absolute Gasteiger partial charge is 0.485 e. The highest BCUT2D eigenvalue weighted by atomic mass is 16.6. The predicted octanol–water partition coefficient (Wildman–Crippen LogP) is 3.52. The number of anilines is 1. The minimum absolute atomic E-state index is 0.0499. The SMILES string of the molecule is CC[C@H](C)c1ccccc1NC(=O)COC(=O)[C@H]1COc2ccccc2O1. The summed E-state index contributed by atoms with van der Waals surface area (Å²) >= 11 is 0. The van der Waals surface area contributed by atoms with Crippen LogP contribution in [0.2, 0.25) is 0 Å². The summed E-state index contributed by atoms with van der Waals surface area (Å²) in [4.78, 5) is 24.4. The monoisotopic (exact) mass is 369 g/mol. The molecule has 0 aromatic heterocycles. The number of carbonyl (C=O) groups excluding carboxylic acids is 2. The van der Waals surface area contributed by atoms with E-state index >= 15 is 0 Å². The molecule has 3 rings (SSSR count). The molecule has 0 aliphatic carbocycles. The third-order valence-electron chi connectivity index (χ3n) is 4.50. The fourth-order valence-corrected chi connectivity index (χ4v) is 2.81. The van der Waals surface area contributed by atoms with Gasteiger partial charge in [0.1, 0.15) is 6.61 Å². The number of fused-ring (bicyclic) bond motifs is 1. The van der Waals surface area contributed by atoms with E-state index < -0.39 is 18.0 Å². The van der Waals surface area contributed by atoms with Gasteiger partial charge in [0.05, 0.1) is 0 Å². The molecule has 1 aliphatic rings. The molecule has 1 N–H and O–H groups in total. The van der Waals surface area contributed by atoms with Crippen LogP contribution in [0.3, 0.4) is 0 Å². The van der Waals surface area contributed by atoms with Gasteiger partial charge < -0.3 is 19.5 Å². The number of nitrogens with one attached hydrogen (secondary N) is 1. The van der Waals surface area contributed by atoms with Crippen LogP contribution in [0.15, 0.2) is 48.5 Å². The molecule has 1 aliphatic heterocycles. The van der Waals surface area contributed by atoms with Gasteiger partial charge >= 0.3 is 5.97 Å². The van der Waals surface area contributed by atoms with Gasteiger partial charge in [-0.15, -0.1) is 0 Å². The standard InChI is InChI=1S/C21H23NO5/c1-3-14(2)15-8-4-5-9-16(15)22-20(23)13-26-21(24)19-12-25-17-10-6-7-11-18(17)27-19/h4-11,14,19H,3,12-13H2,1-2H3,(H,22,23)/t14-,19+/m0/s1. The zero-order valence-corrected chi connectivity index (χ0v) is 15.4. The van der Waals surface area contributed by atoms with E-state index in [0.29, 0.717) is 17.4 Å². The predicted molar refractivity (Wildman–Crippen MR) is 101 cm³/mol. The number of benzene rings is 2. The van der Waals surface area contributed by atoms with E-state index in [1.165, 1.54) is 0 Å². The smallest absolute Gasteiger partial charge is 0.351 e. The van der Waals surface area contributed by atoms with Crippen LogP contribution in [0, 0.1) is 0 Å². The molecule has 0 radical (unpaired) electrons. The van der Waals surface area contributed by atoms with Crippen LogP contribution in [0.4, 0.5) is 5.69 Å². The van der Waals surface area contributed by atoms with Crippen molar-refractivity contribution < 1.29 is 23.8 Å². The number of carbonyl (C=O) groups is 2. The van der Waals surface area contributed by atoms with Gasteiger partial charge in [-0.2, -0.15) is 0 Å². The second kappa shape index (κ2) is 8.58. The Morgan fingerprint density at radius 2 is 1.85 bits per heavy atom. The molecule has 0 spiro atoms. The Morgan fingerprint density at radius 1 is 1.15 bits per heavy atom. The number of ether oxygens (including phenoxy) is 3. The van der Waals surface area contributed by atoms with Crippen molar-refractivity contribution in [1.82, 2.24) is 0 Å². The second-order valence-corrected chi connectivity index (χ2v) is 6.42. The summed E-state index contributed by atoms with van der Waals surface area (Å²) in [5.74, 6) is 0.363. The molecule has 142 valence electrons. The van der Waals surface area contributed by atoms with E-state index in [9.17, 15) is 9.59 Å². The molecule has 1 heterocycles. The van der Waals surface area contributed by atoms with Crippen LogP contribution >= 0.6 is 0 Å². The van der Waals surface area contributed by atoms with Crippen molar-refractivity contribution in [3.63, 3.8) is 0 Å². The summed E-state index contributed by atoms with van der Waals surface area (Å²) in [5.41, 5.74) is 1.79. The maximum Gasteiger partial charge on any atom is 0.351 e. The first-order valence-corrected chi connectivity index (χ1v) is 9.02. The normalized spacial score (nSPS) is 16.3. The molecule has 0 saturated carbocycles. The first-order chi connectivity index (χ1) is 13.1. The van der Waals surface area contributed by atoms with Crippen LogP contribution < -0.4 is 14.8 Å². The Balaban J connectivity index is 1.53. The van der Waals surface area contributed by atoms with Crippen molar-refractivity contribution in [3.05, 3.63) is 54.1 Å². The molecule has 1 amide bonds. The van der Waals surface area contributed by atoms with Gasteiger partial charge in [0, 0.05) is 5.69 Å². The highest BCUT2D eigenvalue weighted by molar-refractivity contribution is 5.93. The fourth-order valence-electron chi connectivity index (χ4n) is 2.81. The van der Waals surface area contributed by atoms with Crippen LogP contribution in [-0.4, -0.2) is 31.2 Å². The van der Waals surface area contributed by atoms with E-state index in [4.69, 9.17) is 14.2 Å². The number of esters is 1. The molecule has 0 bridgehead atoms. The lowest BCUT2D eigenvalue weighted by Crippen LogP contribution is -2.39. The summed E-state index contributed by atoms with van der Waals surface area (Å²) in [6.45, 7) is 3.86. The molecule has 6 heteroatoms. The first-order valence-electron chi connectivity index (χ1n) is 9.02. The minimum atomic E-state index is -0.889. The topological polar surface area (TPSA) is 73.9 Å². The quantitative estimate of drug-likeness (QED) is 0.789. The Hall–Kier alpha value is -3.02. The van der Waals surface area contributed by atoms with Crippen LogP contribution in [0.5, 0.6) is 11.5 Å². The van der Waals surface area contributed by atoms with E-state index in [1.54, 1.807) is 18.2 Å². The van der Waals surface area contributed by atoms with Gasteiger partial charge in [-0.1, -0.05) is 44.2 Å². The fraction of sp³-hybridized carbons (Fsp3) is 0.333.